The molecule has 0 unspecified atom stereocenters. The number of methoxy groups -OCH3 is 1. The Balaban J connectivity index is 1.97. The van der Waals surface area contributed by atoms with Gasteiger partial charge in [-0.1, -0.05) is 0 Å². The first-order valence-electron chi connectivity index (χ1n) is 8.95. The molecule has 0 aliphatic carbocycles. The van der Waals surface area contributed by atoms with Crippen LogP contribution in [0.5, 0.6) is 0 Å². The molecule has 1 aromatic heterocycles. The molecule has 0 radical (unpaired) electrons. The first-order valence-corrected chi connectivity index (χ1v) is 8.95. The summed E-state index contributed by atoms with van der Waals surface area (Å²) in [5.74, 6) is -2.58. The summed E-state index contributed by atoms with van der Waals surface area (Å²) in [4.78, 5) is 51.3. The highest BCUT2D eigenvalue weighted by Gasteiger charge is 2.27. The van der Waals surface area contributed by atoms with Crippen molar-refractivity contribution >= 4 is 23.5 Å². The summed E-state index contributed by atoms with van der Waals surface area (Å²) in [6, 6.07) is 5.00. The molecular formula is C21H22FNO6. The lowest BCUT2D eigenvalue weighted by molar-refractivity contribution is -0.146. The molecule has 0 spiro atoms. The topological polar surface area (TPSA) is 103 Å². The Kier molecular flexibility index (Phi) is 7.03. The van der Waals surface area contributed by atoms with Gasteiger partial charge < -0.3 is 14.5 Å². The molecule has 1 aromatic carbocycles. The van der Waals surface area contributed by atoms with Crippen LogP contribution in [0.25, 0.3) is 0 Å². The molecular weight excluding hydrogens is 381 g/mol. The van der Waals surface area contributed by atoms with Crippen LogP contribution in [0.1, 0.15) is 62.2 Å². The fourth-order valence-corrected chi connectivity index (χ4v) is 2.91. The maximum absolute atomic E-state index is 12.9. The average Bonchev–Trinajstić information content (AvgIpc) is 2.99. The van der Waals surface area contributed by atoms with Gasteiger partial charge in [0.1, 0.15) is 5.82 Å². The van der Waals surface area contributed by atoms with Crippen molar-refractivity contribution in [3.8, 4) is 0 Å². The number of aryl methyl sites for hydroxylation is 1. The maximum Gasteiger partial charge on any atom is 0.339 e. The van der Waals surface area contributed by atoms with Gasteiger partial charge in [0.25, 0.3) is 0 Å². The number of aromatic amines is 1. The van der Waals surface area contributed by atoms with Gasteiger partial charge in [0.15, 0.2) is 11.9 Å². The molecule has 154 valence electrons. The van der Waals surface area contributed by atoms with E-state index in [1.807, 2.05) is 0 Å². The van der Waals surface area contributed by atoms with E-state index in [0.29, 0.717) is 11.3 Å². The monoisotopic (exact) mass is 403 g/mol. The number of halogens is 1. The number of benzene rings is 1. The van der Waals surface area contributed by atoms with E-state index in [1.54, 1.807) is 13.8 Å². The van der Waals surface area contributed by atoms with E-state index in [1.165, 1.54) is 26.2 Å². The van der Waals surface area contributed by atoms with Crippen molar-refractivity contribution < 1.29 is 33.0 Å². The second-order valence-corrected chi connectivity index (χ2v) is 6.54. The predicted octanol–water partition coefficient (Wildman–Crippen LogP) is 3.33. The van der Waals surface area contributed by atoms with E-state index in [4.69, 9.17) is 9.47 Å². The van der Waals surface area contributed by atoms with Gasteiger partial charge in [0.2, 0.25) is 5.78 Å². The number of carbonyl (C=O) groups is 4. The minimum Gasteiger partial charge on any atom is -0.465 e. The molecule has 0 saturated carbocycles. The lowest BCUT2D eigenvalue weighted by Gasteiger charge is -2.12. The van der Waals surface area contributed by atoms with Gasteiger partial charge in [-0.15, -0.1) is 0 Å². The van der Waals surface area contributed by atoms with Crippen LogP contribution < -0.4 is 0 Å². The molecule has 0 saturated heterocycles. The molecule has 8 heteroatoms. The zero-order valence-electron chi connectivity index (χ0n) is 16.6. The standard InChI is InChI=1S/C21H22FNO6/c1-11-18(21(27)28-4)12(2)23-19(11)20(26)13(3)29-17(25)10-9-16(24)14-5-7-15(22)8-6-14/h5-8,13,23H,9-10H2,1-4H3/t13-/m1/s1. The van der Waals surface area contributed by atoms with Crippen LogP contribution in [-0.4, -0.2) is 41.7 Å². The highest BCUT2D eigenvalue weighted by atomic mass is 19.1. The summed E-state index contributed by atoms with van der Waals surface area (Å²) in [5.41, 5.74) is 1.59. The zero-order chi connectivity index (χ0) is 21.7. The zero-order valence-corrected chi connectivity index (χ0v) is 16.6. The lowest BCUT2D eigenvalue weighted by Crippen LogP contribution is -2.25. The Morgan fingerprint density at radius 2 is 1.69 bits per heavy atom. The third kappa shape index (κ3) is 5.16. The largest absolute Gasteiger partial charge is 0.465 e. The summed E-state index contributed by atoms with van der Waals surface area (Å²) < 4.78 is 22.7. The molecule has 2 aromatic rings. The fourth-order valence-electron chi connectivity index (χ4n) is 2.91. The van der Waals surface area contributed by atoms with Gasteiger partial charge in [0.05, 0.1) is 24.8 Å². The second kappa shape index (κ2) is 9.27. The molecule has 0 fully saturated rings. The smallest absolute Gasteiger partial charge is 0.339 e. The average molecular weight is 403 g/mol. The Labute approximate surface area is 167 Å². The molecule has 1 heterocycles. The van der Waals surface area contributed by atoms with Gasteiger partial charge >= 0.3 is 11.9 Å². The van der Waals surface area contributed by atoms with Crippen molar-refractivity contribution in [1.29, 1.82) is 0 Å². The lowest BCUT2D eigenvalue weighted by atomic mass is 10.1. The molecule has 7 nitrogen and oxygen atoms in total. The van der Waals surface area contributed by atoms with Crippen LogP contribution in [0.2, 0.25) is 0 Å². The second-order valence-electron chi connectivity index (χ2n) is 6.54. The number of aromatic nitrogens is 1. The van der Waals surface area contributed by atoms with Crippen LogP contribution in [0.15, 0.2) is 24.3 Å². The number of rotatable bonds is 8. The van der Waals surface area contributed by atoms with Crippen molar-refractivity contribution in [2.24, 2.45) is 0 Å². The van der Waals surface area contributed by atoms with E-state index >= 15 is 0 Å². The first-order chi connectivity index (χ1) is 13.6. The Morgan fingerprint density at radius 3 is 2.28 bits per heavy atom. The van der Waals surface area contributed by atoms with E-state index in [9.17, 15) is 23.6 Å². The van der Waals surface area contributed by atoms with Crippen molar-refractivity contribution in [2.75, 3.05) is 7.11 Å². The minimum atomic E-state index is -1.11. The molecule has 2 rings (SSSR count). The summed E-state index contributed by atoms with van der Waals surface area (Å²) >= 11 is 0. The molecule has 1 N–H and O–H groups in total. The first kappa shape index (κ1) is 22.0. The summed E-state index contributed by atoms with van der Waals surface area (Å²) in [7, 11) is 1.24. The van der Waals surface area contributed by atoms with Crippen molar-refractivity contribution in [3.05, 3.63) is 58.2 Å². The molecule has 0 bridgehead atoms. The van der Waals surface area contributed by atoms with E-state index in [0.717, 1.165) is 12.1 Å². The van der Waals surface area contributed by atoms with Crippen LogP contribution in [0, 0.1) is 19.7 Å². The molecule has 0 amide bonds. The third-order valence-corrected chi connectivity index (χ3v) is 4.47. The number of ketones is 2. The Hall–Kier alpha value is -3.29. The Morgan fingerprint density at radius 1 is 1.07 bits per heavy atom. The van der Waals surface area contributed by atoms with E-state index in [-0.39, 0.29) is 35.4 Å². The quantitative estimate of drug-likeness (QED) is 0.536. The fraction of sp³-hybridized carbons (Fsp3) is 0.333. The van der Waals surface area contributed by atoms with Gasteiger partial charge in [-0.3, -0.25) is 14.4 Å². The summed E-state index contributed by atoms with van der Waals surface area (Å²) in [5, 5.41) is 0. The van der Waals surface area contributed by atoms with Gasteiger partial charge in [-0.25, -0.2) is 9.18 Å². The van der Waals surface area contributed by atoms with Gasteiger partial charge in [0, 0.05) is 17.7 Å². The summed E-state index contributed by atoms with van der Waals surface area (Å²) in [6.07, 6.45) is -1.45. The number of H-pyrrole nitrogens is 1. The number of esters is 2. The van der Waals surface area contributed by atoms with E-state index < -0.39 is 29.6 Å². The van der Waals surface area contributed by atoms with Crippen LogP contribution >= 0.6 is 0 Å². The highest BCUT2D eigenvalue weighted by Crippen LogP contribution is 2.21. The number of carbonyl (C=O) groups excluding carboxylic acids is 4. The van der Waals surface area contributed by atoms with Crippen LogP contribution in [0.4, 0.5) is 4.39 Å². The number of Topliss-reactive ketones (excluding diaryl/α,β-unsaturated/α-hetero) is 2. The molecule has 29 heavy (non-hydrogen) atoms. The molecule has 0 aliphatic heterocycles. The summed E-state index contributed by atoms with van der Waals surface area (Å²) in [6.45, 7) is 4.64. The normalized spacial score (nSPS) is 11.6. The molecule has 0 aliphatic rings. The number of hydrogen-bond donors (Lipinski definition) is 1. The number of nitrogens with one attached hydrogen (secondary N) is 1. The van der Waals surface area contributed by atoms with Gasteiger partial charge in [-0.2, -0.15) is 0 Å². The predicted molar refractivity (Wildman–Crippen MR) is 101 cm³/mol. The van der Waals surface area contributed by atoms with Crippen molar-refractivity contribution in [2.45, 2.75) is 39.7 Å². The maximum atomic E-state index is 12.9. The van der Waals surface area contributed by atoms with Crippen molar-refractivity contribution in [3.63, 3.8) is 0 Å². The van der Waals surface area contributed by atoms with Crippen molar-refractivity contribution in [1.82, 2.24) is 4.98 Å². The SMILES string of the molecule is COC(=O)c1c(C)[nH]c(C(=O)[C@@H](C)OC(=O)CCC(=O)c2ccc(F)cc2)c1C. The number of ether oxygens (including phenoxy) is 2. The van der Waals surface area contributed by atoms with Crippen LogP contribution in [0.3, 0.4) is 0 Å². The molecule has 1 atom stereocenters. The number of hydrogen-bond acceptors (Lipinski definition) is 6. The van der Waals surface area contributed by atoms with Crippen LogP contribution in [-0.2, 0) is 14.3 Å². The van der Waals surface area contributed by atoms with E-state index in [2.05, 4.69) is 4.98 Å². The minimum absolute atomic E-state index is 0.126. The van der Waals surface area contributed by atoms with Gasteiger partial charge in [-0.05, 0) is 50.6 Å². The third-order valence-electron chi connectivity index (χ3n) is 4.47. The Bertz CT molecular complexity index is 945. The highest BCUT2D eigenvalue weighted by molar-refractivity contribution is 6.04.